The molecule has 5 nitrogen and oxygen atoms in total. The fraction of sp³-hybridized carbons (Fsp3) is 0.438. The summed E-state index contributed by atoms with van der Waals surface area (Å²) in [4.78, 5) is 10.4. The first-order valence-corrected chi connectivity index (χ1v) is 8.55. The van der Waals surface area contributed by atoms with Crippen LogP contribution in [0.2, 0.25) is 0 Å². The van der Waals surface area contributed by atoms with Gasteiger partial charge in [0.15, 0.2) is 5.82 Å². The van der Waals surface area contributed by atoms with Crippen LogP contribution in [-0.4, -0.2) is 34.7 Å². The van der Waals surface area contributed by atoms with E-state index in [0.717, 1.165) is 35.4 Å². The maximum absolute atomic E-state index is 6.33. The zero-order valence-corrected chi connectivity index (χ0v) is 15.2. The molecule has 1 aromatic heterocycles. The lowest BCUT2D eigenvalue weighted by molar-refractivity contribution is 0.472. The summed E-state index contributed by atoms with van der Waals surface area (Å²) in [6, 6.07) is 3.99. The van der Waals surface area contributed by atoms with Gasteiger partial charge >= 0.3 is 0 Å². The number of aromatic nitrogens is 2. The lowest BCUT2D eigenvalue weighted by Crippen LogP contribution is -2.07. The van der Waals surface area contributed by atoms with Crippen molar-refractivity contribution in [2.75, 3.05) is 14.1 Å². The molecule has 0 spiro atoms. The molecule has 0 amide bonds. The average Bonchev–Trinajstić information content (AvgIpc) is 3.06. The Morgan fingerprint density at radius 2 is 2.04 bits per heavy atom. The van der Waals surface area contributed by atoms with Crippen LogP contribution in [0.4, 0.5) is 5.69 Å². The molecule has 0 unspecified atom stereocenters. The first-order chi connectivity index (χ1) is 10.9. The normalized spacial score (nSPS) is 15.9. The summed E-state index contributed by atoms with van der Waals surface area (Å²) in [5.41, 5.74) is 2.98. The van der Waals surface area contributed by atoms with Crippen LogP contribution in [0, 0.1) is 13.8 Å². The second-order valence-corrected chi connectivity index (χ2v) is 7.50. The van der Waals surface area contributed by atoms with E-state index in [4.69, 9.17) is 16.3 Å². The Morgan fingerprint density at radius 1 is 1.30 bits per heavy atom. The SMILES string of the molecule is Cc1cc(Oc2nc(C3(Cl)CC3)ns2)c(C)cc1/N=C\N(C)C. The third-order valence-electron chi connectivity index (χ3n) is 3.62. The molecule has 0 saturated heterocycles. The Bertz CT molecular complexity index is 753. The molecule has 2 aromatic rings. The van der Waals surface area contributed by atoms with Gasteiger partial charge in [-0.1, -0.05) is 0 Å². The highest BCUT2D eigenvalue weighted by Crippen LogP contribution is 2.51. The minimum atomic E-state index is -0.353. The summed E-state index contributed by atoms with van der Waals surface area (Å²) in [6.45, 7) is 4.01. The Morgan fingerprint density at radius 3 is 2.70 bits per heavy atom. The van der Waals surface area contributed by atoms with Crippen molar-refractivity contribution in [3.05, 3.63) is 29.1 Å². The fourth-order valence-corrected chi connectivity index (χ4v) is 2.93. The zero-order chi connectivity index (χ0) is 16.6. The van der Waals surface area contributed by atoms with E-state index in [0.29, 0.717) is 11.0 Å². The number of halogens is 1. The maximum Gasteiger partial charge on any atom is 0.298 e. The summed E-state index contributed by atoms with van der Waals surface area (Å²) in [5, 5.41) is 0.527. The van der Waals surface area contributed by atoms with Crippen LogP contribution in [0.25, 0.3) is 0 Å². The summed E-state index contributed by atoms with van der Waals surface area (Å²) >= 11 is 7.57. The largest absolute Gasteiger partial charge is 0.430 e. The fourth-order valence-electron chi connectivity index (χ4n) is 2.06. The monoisotopic (exact) mass is 350 g/mol. The summed E-state index contributed by atoms with van der Waals surface area (Å²) in [7, 11) is 3.89. The summed E-state index contributed by atoms with van der Waals surface area (Å²) < 4.78 is 10.2. The van der Waals surface area contributed by atoms with E-state index in [2.05, 4.69) is 14.3 Å². The standard InChI is InChI=1S/C16H19ClN4OS/c1-10-8-13(11(2)7-12(10)18-9-21(3)4)22-15-19-14(20-23-15)16(17)5-6-16/h7-9H,5-6H2,1-4H3/b18-9-. The van der Waals surface area contributed by atoms with Crippen molar-refractivity contribution in [2.45, 2.75) is 31.6 Å². The minimum absolute atomic E-state index is 0.353. The Hall–Kier alpha value is -1.66. The minimum Gasteiger partial charge on any atom is -0.430 e. The van der Waals surface area contributed by atoms with Crippen LogP contribution in [0.15, 0.2) is 17.1 Å². The Labute approximate surface area is 145 Å². The van der Waals surface area contributed by atoms with Crippen LogP contribution in [0.5, 0.6) is 10.9 Å². The molecule has 7 heteroatoms. The van der Waals surface area contributed by atoms with Crippen molar-refractivity contribution in [3.63, 3.8) is 0 Å². The van der Waals surface area contributed by atoms with E-state index in [9.17, 15) is 0 Å². The number of hydrogen-bond donors (Lipinski definition) is 0. The van der Waals surface area contributed by atoms with Gasteiger partial charge in [-0.3, -0.25) is 0 Å². The van der Waals surface area contributed by atoms with Crippen LogP contribution in [0.1, 0.15) is 29.8 Å². The smallest absolute Gasteiger partial charge is 0.298 e. The first kappa shape index (κ1) is 16.2. The van der Waals surface area contributed by atoms with Gasteiger partial charge in [-0.15, -0.1) is 11.6 Å². The van der Waals surface area contributed by atoms with Gasteiger partial charge in [0.05, 0.1) is 12.0 Å². The number of rotatable bonds is 5. The number of benzene rings is 1. The Kier molecular flexibility index (Phi) is 4.29. The second-order valence-electron chi connectivity index (χ2n) is 6.06. The first-order valence-electron chi connectivity index (χ1n) is 7.40. The number of hydrogen-bond acceptors (Lipinski definition) is 5. The van der Waals surface area contributed by atoms with E-state index in [1.807, 2.05) is 45.0 Å². The van der Waals surface area contributed by atoms with Gasteiger partial charge < -0.3 is 9.64 Å². The van der Waals surface area contributed by atoms with Gasteiger partial charge in [-0.2, -0.15) is 9.36 Å². The van der Waals surface area contributed by atoms with Crippen molar-refractivity contribution in [1.29, 1.82) is 0 Å². The van der Waals surface area contributed by atoms with Gasteiger partial charge in [0.25, 0.3) is 5.19 Å². The quantitative estimate of drug-likeness (QED) is 0.455. The summed E-state index contributed by atoms with van der Waals surface area (Å²) in [5.74, 6) is 1.45. The summed E-state index contributed by atoms with van der Waals surface area (Å²) in [6.07, 6.45) is 3.65. The van der Waals surface area contributed by atoms with Crippen molar-refractivity contribution < 1.29 is 4.74 Å². The molecule has 0 aliphatic heterocycles. The zero-order valence-electron chi connectivity index (χ0n) is 13.6. The highest BCUT2D eigenvalue weighted by atomic mass is 35.5. The van der Waals surface area contributed by atoms with Crippen LogP contribution in [-0.2, 0) is 4.87 Å². The molecule has 122 valence electrons. The van der Waals surface area contributed by atoms with E-state index in [1.165, 1.54) is 11.5 Å². The Balaban J connectivity index is 1.80. The molecular formula is C16H19ClN4OS. The maximum atomic E-state index is 6.33. The lowest BCUT2D eigenvalue weighted by Gasteiger charge is -2.10. The van der Waals surface area contributed by atoms with E-state index in [1.54, 1.807) is 6.34 Å². The third-order valence-corrected chi connectivity index (χ3v) is 4.76. The van der Waals surface area contributed by atoms with Gasteiger partial charge in [-0.25, -0.2) is 4.99 Å². The highest BCUT2D eigenvalue weighted by molar-refractivity contribution is 7.07. The molecule has 1 fully saturated rings. The number of nitrogens with zero attached hydrogens (tertiary/aromatic N) is 4. The third kappa shape index (κ3) is 3.64. The molecule has 1 heterocycles. The van der Waals surface area contributed by atoms with Crippen LogP contribution in [0.3, 0.4) is 0 Å². The average molecular weight is 351 g/mol. The molecule has 1 aromatic carbocycles. The van der Waals surface area contributed by atoms with Crippen molar-refractivity contribution in [1.82, 2.24) is 14.3 Å². The molecule has 23 heavy (non-hydrogen) atoms. The second kappa shape index (κ2) is 6.09. The van der Waals surface area contributed by atoms with Gasteiger partial charge in [0.1, 0.15) is 10.6 Å². The predicted molar refractivity (Wildman–Crippen MR) is 94.5 cm³/mol. The van der Waals surface area contributed by atoms with Crippen molar-refractivity contribution >= 4 is 35.2 Å². The van der Waals surface area contributed by atoms with Crippen LogP contribution < -0.4 is 4.74 Å². The van der Waals surface area contributed by atoms with Crippen molar-refractivity contribution in [2.24, 2.45) is 4.99 Å². The molecule has 1 aliphatic rings. The van der Waals surface area contributed by atoms with Crippen molar-refractivity contribution in [3.8, 4) is 10.9 Å². The topological polar surface area (TPSA) is 50.6 Å². The number of aryl methyl sites for hydroxylation is 2. The van der Waals surface area contributed by atoms with Crippen LogP contribution >= 0.6 is 23.1 Å². The molecular weight excluding hydrogens is 332 g/mol. The highest BCUT2D eigenvalue weighted by Gasteiger charge is 2.46. The number of aliphatic imine (C=N–C) groups is 1. The molecule has 0 atom stereocenters. The molecule has 1 aliphatic carbocycles. The van der Waals surface area contributed by atoms with E-state index in [-0.39, 0.29) is 4.87 Å². The molecule has 3 rings (SSSR count). The molecule has 0 radical (unpaired) electrons. The number of ether oxygens (including phenoxy) is 1. The molecule has 1 saturated carbocycles. The molecule has 0 bridgehead atoms. The molecule has 0 N–H and O–H groups in total. The number of alkyl halides is 1. The lowest BCUT2D eigenvalue weighted by atomic mass is 10.1. The van der Waals surface area contributed by atoms with E-state index < -0.39 is 0 Å². The van der Waals surface area contributed by atoms with Gasteiger partial charge in [-0.05, 0) is 49.9 Å². The van der Waals surface area contributed by atoms with E-state index >= 15 is 0 Å². The van der Waals surface area contributed by atoms with Gasteiger partial charge in [0, 0.05) is 25.6 Å². The van der Waals surface area contributed by atoms with Gasteiger partial charge in [0.2, 0.25) is 0 Å². The predicted octanol–water partition coefficient (Wildman–Crippen LogP) is 4.40.